The monoisotopic (exact) mass is 354 g/mol. The van der Waals surface area contributed by atoms with Gasteiger partial charge in [-0.25, -0.2) is 0 Å². The number of nitrogens with two attached hydrogens (primary N) is 1. The lowest BCUT2D eigenvalue weighted by atomic mass is 10.1. The molecule has 0 radical (unpaired) electrons. The second kappa shape index (κ2) is 6.45. The Bertz CT molecular complexity index is 946. The molecule has 136 valence electrons. The van der Waals surface area contributed by atoms with E-state index in [9.17, 15) is 4.79 Å². The summed E-state index contributed by atoms with van der Waals surface area (Å²) in [5.41, 5.74) is 7.12. The number of anilines is 1. The molecule has 1 saturated heterocycles. The molecule has 2 N–H and O–H groups in total. The van der Waals surface area contributed by atoms with E-state index < -0.39 is 0 Å². The summed E-state index contributed by atoms with van der Waals surface area (Å²) in [6.45, 7) is 1.12. The van der Waals surface area contributed by atoms with Crippen LogP contribution in [-0.2, 0) is 18.3 Å². The zero-order valence-electron chi connectivity index (χ0n) is 14.9. The molecule has 1 fully saturated rings. The molecule has 1 amide bonds. The number of hydrogen-bond acceptors (Lipinski definition) is 5. The molecule has 0 bridgehead atoms. The van der Waals surface area contributed by atoms with E-state index in [0.717, 1.165) is 17.3 Å². The highest BCUT2D eigenvalue weighted by Crippen LogP contribution is 2.26. The van der Waals surface area contributed by atoms with Crippen molar-refractivity contribution in [2.75, 3.05) is 19.4 Å². The fourth-order valence-corrected chi connectivity index (χ4v) is 3.67. The summed E-state index contributed by atoms with van der Waals surface area (Å²) >= 11 is 0. The normalized spacial score (nSPS) is 20.2. The summed E-state index contributed by atoms with van der Waals surface area (Å²) in [5.74, 6) is 0.395. The standard InChI is InChI=1S/C18H22N6O2/c1-22-15-6-4-3-5-14(15)17(21-22)18(25)24-11-13(26-2)9-12(24)10-23-8-7-16(19)20-23/h3-8,12-13H,9-11H2,1-2H3,(H2,19,20)/t12-,13-/m0/s1. The van der Waals surface area contributed by atoms with Gasteiger partial charge in [0.05, 0.1) is 24.2 Å². The molecule has 8 heteroatoms. The largest absolute Gasteiger partial charge is 0.382 e. The molecule has 2 aromatic heterocycles. The van der Waals surface area contributed by atoms with Crippen LogP contribution in [0.15, 0.2) is 36.5 Å². The number of amides is 1. The van der Waals surface area contributed by atoms with E-state index in [4.69, 9.17) is 10.5 Å². The van der Waals surface area contributed by atoms with Crippen LogP contribution in [0.25, 0.3) is 10.9 Å². The van der Waals surface area contributed by atoms with Crippen molar-refractivity contribution in [3.63, 3.8) is 0 Å². The van der Waals surface area contributed by atoms with E-state index in [-0.39, 0.29) is 18.1 Å². The molecule has 2 atom stereocenters. The number of hydrogen-bond donors (Lipinski definition) is 1. The second-order valence-corrected chi connectivity index (χ2v) is 6.66. The first-order valence-corrected chi connectivity index (χ1v) is 8.61. The summed E-state index contributed by atoms with van der Waals surface area (Å²) in [6, 6.07) is 9.49. The van der Waals surface area contributed by atoms with Crippen LogP contribution < -0.4 is 5.73 Å². The van der Waals surface area contributed by atoms with Crippen LogP contribution in [0, 0.1) is 0 Å². The summed E-state index contributed by atoms with van der Waals surface area (Å²) in [7, 11) is 3.53. The Balaban J connectivity index is 1.65. The minimum Gasteiger partial charge on any atom is -0.382 e. The molecule has 1 aromatic carbocycles. The van der Waals surface area contributed by atoms with Crippen LogP contribution in [0.4, 0.5) is 5.82 Å². The van der Waals surface area contributed by atoms with Gasteiger partial charge in [0.1, 0.15) is 5.82 Å². The van der Waals surface area contributed by atoms with Gasteiger partial charge in [0, 0.05) is 32.3 Å². The van der Waals surface area contributed by atoms with E-state index in [0.29, 0.717) is 24.6 Å². The van der Waals surface area contributed by atoms with Crippen molar-refractivity contribution in [2.45, 2.75) is 25.1 Å². The van der Waals surface area contributed by atoms with Crippen molar-refractivity contribution in [1.29, 1.82) is 0 Å². The first-order chi connectivity index (χ1) is 12.6. The van der Waals surface area contributed by atoms with E-state index in [1.807, 2.05) is 42.4 Å². The smallest absolute Gasteiger partial charge is 0.275 e. The molecule has 8 nitrogen and oxygen atoms in total. The van der Waals surface area contributed by atoms with Crippen LogP contribution in [0.2, 0.25) is 0 Å². The van der Waals surface area contributed by atoms with Crippen LogP contribution in [-0.4, -0.2) is 56.2 Å². The van der Waals surface area contributed by atoms with Crippen molar-refractivity contribution in [2.24, 2.45) is 7.05 Å². The number of methoxy groups -OCH3 is 1. The van der Waals surface area contributed by atoms with Crippen molar-refractivity contribution in [3.05, 3.63) is 42.2 Å². The average molecular weight is 354 g/mol. The highest BCUT2D eigenvalue weighted by molar-refractivity contribution is 6.05. The molecule has 1 aliphatic rings. The highest BCUT2D eigenvalue weighted by atomic mass is 16.5. The number of aromatic nitrogens is 4. The van der Waals surface area contributed by atoms with Crippen molar-refractivity contribution >= 4 is 22.6 Å². The quantitative estimate of drug-likeness (QED) is 0.762. The van der Waals surface area contributed by atoms with Crippen LogP contribution >= 0.6 is 0 Å². The maximum Gasteiger partial charge on any atom is 0.275 e. The number of ether oxygens (including phenoxy) is 1. The molecular weight excluding hydrogens is 332 g/mol. The van der Waals surface area contributed by atoms with Gasteiger partial charge in [0.15, 0.2) is 5.69 Å². The fraction of sp³-hybridized carbons (Fsp3) is 0.389. The highest BCUT2D eigenvalue weighted by Gasteiger charge is 2.37. The number of aryl methyl sites for hydroxylation is 1. The molecule has 4 rings (SSSR count). The number of nitrogens with zero attached hydrogens (tertiary/aromatic N) is 5. The number of nitrogen functional groups attached to an aromatic ring is 1. The summed E-state index contributed by atoms with van der Waals surface area (Å²) in [5, 5.41) is 9.58. The van der Waals surface area contributed by atoms with E-state index in [1.54, 1.807) is 22.5 Å². The third kappa shape index (κ3) is 2.82. The van der Waals surface area contributed by atoms with Gasteiger partial charge in [0.25, 0.3) is 5.91 Å². The summed E-state index contributed by atoms with van der Waals surface area (Å²) in [4.78, 5) is 15.1. The SMILES string of the molecule is CO[C@H]1C[C@@H](Cn2ccc(N)n2)N(C(=O)c2nn(C)c3ccccc23)C1. The fourth-order valence-electron chi connectivity index (χ4n) is 3.67. The van der Waals surface area contributed by atoms with Crippen LogP contribution in [0.5, 0.6) is 0 Å². The number of likely N-dealkylation sites (tertiary alicyclic amines) is 1. The maximum absolute atomic E-state index is 13.3. The Morgan fingerprint density at radius 2 is 2.12 bits per heavy atom. The number of carbonyl (C=O) groups excluding carboxylic acids is 1. The van der Waals surface area contributed by atoms with Gasteiger partial charge in [-0.15, -0.1) is 0 Å². The Kier molecular flexibility index (Phi) is 4.12. The van der Waals surface area contributed by atoms with Gasteiger partial charge in [0.2, 0.25) is 0 Å². The molecule has 26 heavy (non-hydrogen) atoms. The minimum absolute atomic E-state index is 0.00633. The molecule has 0 spiro atoms. The van der Waals surface area contributed by atoms with Gasteiger partial charge in [-0.2, -0.15) is 10.2 Å². The topological polar surface area (TPSA) is 91.2 Å². The first-order valence-electron chi connectivity index (χ1n) is 8.61. The van der Waals surface area contributed by atoms with E-state index in [2.05, 4.69) is 10.2 Å². The Morgan fingerprint density at radius 1 is 1.31 bits per heavy atom. The van der Waals surface area contributed by atoms with Gasteiger partial charge < -0.3 is 15.4 Å². The summed E-state index contributed by atoms with van der Waals surface area (Å²) < 4.78 is 9.04. The number of fused-ring (bicyclic) bond motifs is 1. The van der Waals surface area contributed by atoms with Gasteiger partial charge in [-0.1, -0.05) is 18.2 Å². The lowest BCUT2D eigenvalue weighted by Gasteiger charge is -2.23. The molecule has 3 aromatic rings. The van der Waals surface area contributed by atoms with E-state index in [1.165, 1.54) is 0 Å². The molecule has 3 heterocycles. The number of carbonyl (C=O) groups is 1. The summed E-state index contributed by atoms with van der Waals surface area (Å²) in [6.07, 6.45) is 2.59. The van der Waals surface area contributed by atoms with Crippen LogP contribution in [0.1, 0.15) is 16.9 Å². The van der Waals surface area contributed by atoms with Crippen LogP contribution in [0.3, 0.4) is 0 Å². The van der Waals surface area contributed by atoms with Gasteiger partial charge in [-0.05, 0) is 18.6 Å². The van der Waals surface area contributed by atoms with Crippen molar-refractivity contribution in [1.82, 2.24) is 24.5 Å². The zero-order valence-corrected chi connectivity index (χ0v) is 14.9. The van der Waals surface area contributed by atoms with Gasteiger partial charge in [-0.3, -0.25) is 14.2 Å². The number of benzene rings is 1. The van der Waals surface area contributed by atoms with Gasteiger partial charge >= 0.3 is 0 Å². The molecule has 0 aliphatic carbocycles. The van der Waals surface area contributed by atoms with E-state index >= 15 is 0 Å². The first kappa shape index (κ1) is 16.6. The average Bonchev–Trinajstić information content (AvgIpc) is 3.33. The number of para-hydroxylation sites is 1. The molecule has 1 aliphatic heterocycles. The third-order valence-electron chi connectivity index (χ3n) is 4.99. The third-order valence-corrected chi connectivity index (χ3v) is 4.99. The Labute approximate surface area is 151 Å². The molecule has 0 saturated carbocycles. The lowest BCUT2D eigenvalue weighted by molar-refractivity contribution is 0.0674. The number of rotatable bonds is 4. The second-order valence-electron chi connectivity index (χ2n) is 6.66. The molecular formula is C18H22N6O2. The minimum atomic E-state index is -0.0773. The van der Waals surface area contributed by atoms with Crippen molar-refractivity contribution in [3.8, 4) is 0 Å². The predicted molar refractivity (Wildman–Crippen MR) is 97.6 cm³/mol. The lowest BCUT2D eigenvalue weighted by Crippen LogP contribution is -2.39. The Morgan fingerprint density at radius 3 is 2.85 bits per heavy atom. The molecule has 0 unspecified atom stereocenters. The predicted octanol–water partition coefficient (Wildman–Crippen LogP) is 1.28. The maximum atomic E-state index is 13.3. The Hall–Kier alpha value is -2.87. The zero-order chi connectivity index (χ0) is 18.3. The van der Waals surface area contributed by atoms with Crippen molar-refractivity contribution < 1.29 is 9.53 Å².